The summed E-state index contributed by atoms with van der Waals surface area (Å²) in [4.78, 5) is 20.7. The Kier molecular flexibility index (Phi) is 6.62. The van der Waals surface area contributed by atoms with Gasteiger partial charge in [-0.25, -0.2) is 14.8 Å². The number of hydrogen-bond donors (Lipinski definition) is 4. The molecule has 0 unspecified atom stereocenters. The molecule has 9 nitrogen and oxygen atoms in total. The molecular weight excluding hydrogens is 430 g/mol. The average Bonchev–Trinajstić information content (AvgIpc) is 3.22. The van der Waals surface area contributed by atoms with E-state index in [2.05, 4.69) is 55.2 Å². The fraction of sp³-hybridized carbons (Fsp3) is 0.280. The third-order valence-corrected chi connectivity index (χ3v) is 5.07. The SMILES string of the molecule is C[C@@H](Nc1ncnc2[nH]nc(NCc3ccc(NC(=O)OC(C)(C)C)cc3)c12)c1ccccc1. The van der Waals surface area contributed by atoms with Crippen LogP contribution in [0.1, 0.15) is 44.9 Å². The van der Waals surface area contributed by atoms with Gasteiger partial charge in [-0.3, -0.25) is 10.4 Å². The summed E-state index contributed by atoms with van der Waals surface area (Å²) < 4.78 is 5.28. The molecule has 0 saturated heterocycles. The highest BCUT2D eigenvalue weighted by molar-refractivity contribution is 5.96. The molecule has 4 aromatic rings. The quantitative estimate of drug-likeness (QED) is 0.289. The summed E-state index contributed by atoms with van der Waals surface area (Å²) in [6, 6.07) is 17.8. The Bertz CT molecular complexity index is 1250. The number of rotatable bonds is 7. The molecule has 2 heterocycles. The third-order valence-electron chi connectivity index (χ3n) is 5.07. The summed E-state index contributed by atoms with van der Waals surface area (Å²) in [5, 5.41) is 17.7. The first-order chi connectivity index (χ1) is 16.3. The number of H-pyrrole nitrogens is 1. The van der Waals surface area contributed by atoms with E-state index in [0.717, 1.165) is 16.5 Å². The van der Waals surface area contributed by atoms with E-state index in [-0.39, 0.29) is 6.04 Å². The minimum Gasteiger partial charge on any atom is -0.444 e. The van der Waals surface area contributed by atoms with Crippen molar-refractivity contribution in [2.75, 3.05) is 16.0 Å². The van der Waals surface area contributed by atoms with Gasteiger partial charge in [0.25, 0.3) is 0 Å². The van der Waals surface area contributed by atoms with E-state index < -0.39 is 11.7 Å². The molecule has 176 valence electrons. The summed E-state index contributed by atoms with van der Waals surface area (Å²) >= 11 is 0. The molecule has 1 amide bonds. The van der Waals surface area contributed by atoms with Crippen molar-refractivity contribution >= 4 is 34.4 Å². The molecule has 0 radical (unpaired) electrons. The van der Waals surface area contributed by atoms with Gasteiger partial charge in [0.2, 0.25) is 0 Å². The zero-order valence-electron chi connectivity index (χ0n) is 19.7. The van der Waals surface area contributed by atoms with Crippen LogP contribution >= 0.6 is 0 Å². The van der Waals surface area contributed by atoms with Crippen molar-refractivity contribution in [2.45, 2.75) is 45.9 Å². The lowest BCUT2D eigenvalue weighted by Crippen LogP contribution is -2.27. The van der Waals surface area contributed by atoms with Crippen LogP contribution in [-0.4, -0.2) is 31.9 Å². The Morgan fingerprint density at radius 2 is 1.76 bits per heavy atom. The summed E-state index contributed by atoms with van der Waals surface area (Å²) in [6.07, 6.45) is 1.03. The van der Waals surface area contributed by atoms with Crippen LogP contribution in [-0.2, 0) is 11.3 Å². The molecule has 0 saturated carbocycles. The van der Waals surface area contributed by atoms with Gasteiger partial charge >= 0.3 is 6.09 Å². The first kappa shape index (κ1) is 23.0. The van der Waals surface area contributed by atoms with Crippen molar-refractivity contribution < 1.29 is 9.53 Å². The fourth-order valence-corrected chi connectivity index (χ4v) is 3.44. The van der Waals surface area contributed by atoms with Crippen molar-refractivity contribution in [3.05, 3.63) is 72.1 Å². The van der Waals surface area contributed by atoms with Crippen molar-refractivity contribution in [3.63, 3.8) is 0 Å². The fourth-order valence-electron chi connectivity index (χ4n) is 3.44. The van der Waals surface area contributed by atoms with Gasteiger partial charge < -0.3 is 15.4 Å². The maximum Gasteiger partial charge on any atom is 0.412 e. The van der Waals surface area contributed by atoms with Crippen molar-refractivity contribution in [3.8, 4) is 0 Å². The summed E-state index contributed by atoms with van der Waals surface area (Å²) in [5.74, 6) is 1.36. The Morgan fingerprint density at radius 3 is 2.47 bits per heavy atom. The standard InChI is InChI=1S/C25H29N7O2/c1-16(18-8-6-5-7-9-18)29-21-20-22(31-32-23(20)28-15-27-21)26-14-17-10-12-19(13-11-17)30-24(33)34-25(2,3)4/h5-13,15-16H,14H2,1-4H3,(H,30,33)(H3,26,27,28,29,31,32)/t16-/m1/s1. The van der Waals surface area contributed by atoms with E-state index in [1.54, 1.807) is 0 Å². The summed E-state index contributed by atoms with van der Waals surface area (Å²) in [6.45, 7) is 8.11. The summed E-state index contributed by atoms with van der Waals surface area (Å²) in [7, 11) is 0. The van der Waals surface area contributed by atoms with Gasteiger partial charge in [0.15, 0.2) is 11.5 Å². The molecule has 1 atom stereocenters. The Hall–Kier alpha value is -4.14. The molecule has 0 fully saturated rings. The molecule has 0 spiro atoms. The maximum atomic E-state index is 11.9. The molecule has 0 aliphatic rings. The second-order valence-corrected chi connectivity index (χ2v) is 8.97. The van der Waals surface area contributed by atoms with Crippen LogP contribution in [0.15, 0.2) is 60.9 Å². The molecule has 9 heteroatoms. The minimum atomic E-state index is -0.545. The highest BCUT2D eigenvalue weighted by atomic mass is 16.6. The van der Waals surface area contributed by atoms with E-state index in [1.807, 2.05) is 63.2 Å². The van der Waals surface area contributed by atoms with Crippen LogP contribution in [0.5, 0.6) is 0 Å². The smallest absolute Gasteiger partial charge is 0.412 e. The maximum absolute atomic E-state index is 11.9. The molecule has 4 N–H and O–H groups in total. The first-order valence-corrected chi connectivity index (χ1v) is 11.1. The molecule has 0 aliphatic carbocycles. The summed E-state index contributed by atoms with van der Waals surface area (Å²) in [5.41, 5.74) is 2.95. The van der Waals surface area contributed by atoms with Crippen LogP contribution < -0.4 is 16.0 Å². The largest absolute Gasteiger partial charge is 0.444 e. The normalized spacial score (nSPS) is 12.2. The molecular formula is C25H29N7O2. The van der Waals surface area contributed by atoms with E-state index in [1.165, 1.54) is 6.33 Å². The number of ether oxygens (including phenoxy) is 1. The van der Waals surface area contributed by atoms with Gasteiger partial charge in [0, 0.05) is 18.3 Å². The number of anilines is 3. The molecule has 0 bridgehead atoms. The highest BCUT2D eigenvalue weighted by Gasteiger charge is 2.17. The number of aromatic nitrogens is 4. The Morgan fingerprint density at radius 1 is 1.03 bits per heavy atom. The van der Waals surface area contributed by atoms with Gasteiger partial charge in [0.05, 0.1) is 0 Å². The first-order valence-electron chi connectivity index (χ1n) is 11.1. The number of nitrogens with one attached hydrogen (secondary N) is 4. The molecule has 0 aliphatic heterocycles. The van der Waals surface area contributed by atoms with E-state index in [4.69, 9.17) is 4.74 Å². The number of fused-ring (bicyclic) bond motifs is 1. The van der Waals surface area contributed by atoms with Gasteiger partial charge in [-0.05, 0) is 51.0 Å². The van der Waals surface area contributed by atoms with Crippen LogP contribution in [0.25, 0.3) is 11.0 Å². The predicted molar refractivity (Wildman–Crippen MR) is 134 cm³/mol. The number of carbonyl (C=O) groups is 1. The lowest BCUT2D eigenvalue weighted by molar-refractivity contribution is 0.0636. The second-order valence-electron chi connectivity index (χ2n) is 8.97. The number of aromatic amines is 1. The molecule has 2 aromatic heterocycles. The number of nitrogens with zero attached hydrogens (tertiary/aromatic N) is 3. The Balaban J connectivity index is 1.43. The third kappa shape index (κ3) is 5.80. The van der Waals surface area contributed by atoms with Crippen molar-refractivity contribution in [1.29, 1.82) is 0 Å². The van der Waals surface area contributed by atoms with E-state index in [9.17, 15) is 4.79 Å². The van der Waals surface area contributed by atoms with Crippen LogP contribution in [0, 0.1) is 0 Å². The Labute approximate surface area is 198 Å². The zero-order chi connectivity index (χ0) is 24.1. The van der Waals surface area contributed by atoms with Gasteiger partial charge in [-0.2, -0.15) is 5.10 Å². The van der Waals surface area contributed by atoms with E-state index >= 15 is 0 Å². The monoisotopic (exact) mass is 459 g/mol. The number of hydrogen-bond acceptors (Lipinski definition) is 7. The van der Waals surface area contributed by atoms with Crippen LogP contribution in [0.3, 0.4) is 0 Å². The van der Waals surface area contributed by atoms with Crippen LogP contribution in [0.4, 0.5) is 22.1 Å². The number of carbonyl (C=O) groups excluding carboxylic acids is 1. The highest BCUT2D eigenvalue weighted by Crippen LogP contribution is 2.28. The molecule has 2 aromatic carbocycles. The number of amides is 1. The minimum absolute atomic E-state index is 0.0621. The van der Waals surface area contributed by atoms with Crippen molar-refractivity contribution in [2.24, 2.45) is 0 Å². The predicted octanol–water partition coefficient (Wildman–Crippen LogP) is 5.49. The topological polar surface area (TPSA) is 117 Å². The number of benzene rings is 2. The van der Waals surface area contributed by atoms with Gasteiger partial charge in [-0.15, -0.1) is 0 Å². The van der Waals surface area contributed by atoms with E-state index in [0.29, 0.717) is 29.5 Å². The van der Waals surface area contributed by atoms with Crippen LogP contribution in [0.2, 0.25) is 0 Å². The lowest BCUT2D eigenvalue weighted by Gasteiger charge is -2.19. The molecule has 34 heavy (non-hydrogen) atoms. The van der Waals surface area contributed by atoms with Gasteiger partial charge in [-0.1, -0.05) is 42.5 Å². The van der Waals surface area contributed by atoms with Gasteiger partial charge in [0.1, 0.15) is 23.1 Å². The average molecular weight is 460 g/mol. The second kappa shape index (κ2) is 9.78. The lowest BCUT2D eigenvalue weighted by atomic mass is 10.1. The zero-order valence-corrected chi connectivity index (χ0v) is 19.7. The molecule has 4 rings (SSSR count). The van der Waals surface area contributed by atoms with Crippen molar-refractivity contribution in [1.82, 2.24) is 20.2 Å².